The molecule has 1 aromatic rings. The summed E-state index contributed by atoms with van der Waals surface area (Å²) in [6.45, 7) is 6.03. The van der Waals surface area contributed by atoms with E-state index in [1.165, 1.54) is 19.1 Å². The first-order valence-electron chi connectivity index (χ1n) is 5.92. The van der Waals surface area contributed by atoms with Crippen LogP contribution in [0.25, 0.3) is 0 Å². The lowest BCUT2D eigenvalue weighted by atomic mass is 10.1. The summed E-state index contributed by atoms with van der Waals surface area (Å²) >= 11 is 0. The molecule has 18 heavy (non-hydrogen) atoms. The largest absolute Gasteiger partial charge is 0.504 e. The normalized spacial score (nSPS) is 12.4. The number of phenolic OH excluding ortho intramolecular Hbond substituents is 2. The second-order valence-corrected chi connectivity index (χ2v) is 4.56. The molecule has 100 valence electrons. The van der Waals surface area contributed by atoms with Crippen LogP contribution in [-0.4, -0.2) is 28.7 Å². The van der Waals surface area contributed by atoms with Gasteiger partial charge in [-0.15, -0.1) is 0 Å². The Morgan fingerprint density at radius 2 is 1.94 bits per heavy atom. The maximum absolute atomic E-state index is 11.2. The van der Waals surface area contributed by atoms with Gasteiger partial charge in [-0.25, -0.2) is 0 Å². The molecule has 0 saturated heterocycles. The van der Waals surface area contributed by atoms with Crippen molar-refractivity contribution in [1.82, 2.24) is 10.6 Å². The molecule has 1 atom stereocenters. The van der Waals surface area contributed by atoms with E-state index in [0.29, 0.717) is 12.6 Å². The quantitative estimate of drug-likeness (QED) is 0.595. The summed E-state index contributed by atoms with van der Waals surface area (Å²) in [5.74, 6) is -0.498. The Morgan fingerprint density at radius 1 is 1.28 bits per heavy atom. The fraction of sp³-hybridized carbons (Fsp3) is 0.462. The van der Waals surface area contributed by atoms with Gasteiger partial charge in [0.1, 0.15) is 0 Å². The highest BCUT2D eigenvalue weighted by molar-refractivity contribution is 5.73. The molecule has 1 rings (SSSR count). The van der Waals surface area contributed by atoms with Crippen molar-refractivity contribution in [2.75, 3.05) is 6.54 Å². The Hall–Kier alpha value is -1.75. The van der Waals surface area contributed by atoms with Crippen molar-refractivity contribution in [3.63, 3.8) is 0 Å². The number of aromatic hydroxyl groups is 2. The smallest absolute Gasteiger partial charge is 0.217 e. The molecule has 1 unspecified atom stereocenters. The number of phenols is 2. The van der Waals surface area contributed by atoms with Crippen LogP contribution in [0.4, 0.5) is 0 Å². The van der Waals surface area contributed by atoms with Crippen LogP contribution < -0.4 is 10.6 Å². The molecule has 0 heterocycles. The number of benzene rings is 1. The van der Waals surface area contributed by atoms with E-state index < -0.39 is 0 Å². The fourth-order valence-electron chi connectivity index (χ4n) is 1.61. The minimum absolute atomic E-state index is 0.141. The molecule has 5 heteroatoms. The number of amides is 1. The summed E-state index contributed by atoms with van der Waals surface area (Å²) in [6.07, 6.45) is 0. The van der Waals surface area contributed by atoms with Crippen molar-refractivity contribution < 1.29 is 15.0 Å². The van der Waals surface area contributed by atoms with Crippen LogP contribution in [0.15, 0.2) is 18.2 Å². The van der Waals surface area contributed by atoms with Gasteiger partial charge < -0.3 is 20.8 Å². The van der Waals surface area contributed by atoms with Gasteiger partial charge in [0.15, 0.2) is 11.5 Å². The number of nitrogens with one attached hydrogen (secondary N) is 2. The average Bonchev–Trinajstić information content (AvgIpc) is 2.27. The maximum Gasteiger partial charge on any atom is 0.217 e. The Morgan fingerprint density at radius 3 is 2.44 bits per heavy atom. The maximum atomic E-state index is 11.2. The molecule has 0 radical (unpaired) electrons. The summed E-state index contributed by atoms with van der Waals surface area (Å²) in [4.78, 5) is 11.2. The standard InChI is InChI=1S/C13H20N2O3/c1-8(2)14-7-11(15-9(3)16)10-4-5-12(17)13(18)6-10/h4-6,8,11,14,17-18H,7H2,1-3H3,(H,15,16). The molecule has 0 aliphatic rings. The lowest BCUT2D eigenvalue weighted by Gasteiger charge is -2.20. The summed E-state index contributed by atoms with van der Waals surface area (Å²) in [7, 11) is 0. The van der Waals surface area contributed by atoms with Crippen LogP contribution in [0.5, 0.6) is 11.5 Å². The van der Waals surface area contributed by atoms with E-state index >= 15 is 0 Å². The minimum Gasteiger partial charge on any atom is -0.504 e. The number of hydrogen-bond acceptors (Lipinski definition) is 4. The first-order valence-corrected chi connectivity index (χ1v) is 5.92. The van der Waals surface area contributed by atoms with Gasteiger partial charge in [0.2, 0.25) is 5.91 Å². The van der Waals surface area contributed by atoms with Crippen molar-refractivity contribution in [3.05, 3.63) is 23.8 Å². The van der Waals surface area contributed by atoms with Crippen molar-refractivity contribution in [1.29, 1.82) is 0 Å². The zero-order valence-corrected chi connectivity index (χ0v) is 10.9. The molecule has 4 N–H and O–H groups in total. The molecule has 0 aliphatic heterocycles. The van der Waals surface area contributed by atoms with E-state index in [1.807, 2.05) is 13.8 Å². The highest BCUT2D eigenvalue weighted by atomic mass is 16.3. The molecule has 5 nitrogen and oxygen atoms in total. The molecular weight excluding hydrogens is 232 g/mol. The van der Waals surface area contributed by atoms with Crippen LogP contribution in [0.1, 0.15) is 32.4 Å². The van der Waals surface area contributed by atoms with Crippen LogP contribution in [0.2, 0.25) is 0 Å². The predicted octanol–water partition coefficient (Wildman–Crippen LogP) is 1.27. The first kappa shape index (κ1) is 14.3. The third kappa shape index (κ3) is 4.25. The topological polar surface area (TPSA) is 81.6 Å². The second-order valence-electron chi connectivity index (χ2n) is 4.56. The molecular formula is C13H20N2O3. The SMILES string of the molecule is CC(=O)NC(CNC(C)C)c1ccc(O)c(O)c1. The monoisotopic (exact) mass is 252 g/mol. The predicted molar refractivity (Wildman–Crippen MR) is 69.5 cm³/mol. The number of carbonyl (C=O) groups excluding carboxylic acids is 1. The van der Waals surface area contributed by atoms with Gasteiger partial charge in [-0.1, -0.05) is 19.9 Å². The molecule has 1 amide bonds. The van der Waals surface area contributed by atoms with Crippen molar-refractivity contribution in [2.24, 2.45) is 0 Å². The van der Waals surface area contributed by atoms with Crippen LogP contribution in [-0.2, 0) is 4.79 Å². The fourth-order valence-corrected chi connectivity index (χ4v) is 1.61. The highest BCUT2D eigenvalue weighted by Gasteiger charge is 2.14. The number of carbonyl (C=O) groups is 1. The van der Waals surface area contributed by atoms with Gasteiger partial charge in [0.05, 0.1) is 6.04 Å². The molecule has 0 spiro atoms. The van der Waals surface area contributed by atoms with Gasteiger partial charge in [-0.3, -0.25) is 4.79 Å². The zero-order valence-electron chi connectivity index (χ0n) is 10.9. The van der Waals surface area contributed by atoms with Gasteiger partial charge >= 0.3 is 0 Å². The van der Waals surface area contributed by atoms with Gasteiger partial charge in [-0.2, -0.15) is 0 Å². The summed E-state index contributed by atoms with van der Waals surface area (Å²) < 4.78 is 0. The van der Waals surface area contributed by atoms with Crippen molar-refractivity contribution in [2.45, 2.75) is 32.9 Å². The minimum atomic E-state index is -0.239. The van der Waals surface area contributed by atoms with Crippen LogP contribution in [0.3, 0.4) is 0 Å². The third-order valence-electron chi connectivity index (χ3n) is 2.51. The van der Waals surface area contributed by atoms with E-state index in [9.17, 15) is 15.0 Å². The van der Waals surface area contributed by atoms with E-state index in [1.54, 1.807) is 6.07 Å². The molecule has 1 aromatic carbocycles. The Balaban J connectivity index is 2.86. The Kier molecular flexibility index (Phi) is 4.97. The van der Waals surface area contributed by atoms with Crippen LogP contribution in [0, 0.1) is 0 Å². The Bertz CT molecular complexity index is 419. The third-order valence-corrected chi connectivity index (χ3v) is 2.51. The van der Waals surface area contributed by atoms with Gasteiger partial charge in [0, 0.05) is 19.5 Å². The molecule has 0 fully saturated rings. The molecule has 0 bridgehead atoms. The van der Waals surface area contributed by atoms with Gasteiger partial charge in [0.25, 0.3) is 0 Å². The number of hydrogen-bond donors (Lipinski definition) is 4. The summed E-state index contributed by atoms with van der Waals surface area (Å²) in [5.41, 5.74) is 0.744. The van der Waals surface area contributed by atoms with Crippen LogP contribution >= 0.6 is 0 Å². The van der Waals surface area contributed by atoms with E-state index in [4.69, 9.17) is 0 Å². The highest BCUT2D eigenvalue weighted by Crippen LogP contribution is 2.27. The van der Waals surface area contributed by atoms with E-state index in [0.717, 1.165) is 5.56 Å². The number of rotatable bonds is 5. The molecule has 0 aromatic heterocycles. The summed E-state index contributed by atoms with van der Waals surface area (Å²) in [5, 5.41) is 24.8. The van der Waals surface area contributed by atoms with Crippen molar-refractivity contribution in [3.8, 4) is 11.5 Å². The Labute approximate surface area is 107 Å². The van der Waals surface area contributed by atoms with Crippen molar-refractivity contribution >= 4 is 5.91 Å². The first-order chi connectivity index (χ1) is 8.40. The zero-order chi connectivity index (χ0) is 13.7. The molecule has 0 saturated carbocycles. The summed E-state index contributed by atoms with van der Waals surface area (Å²) in [6, 6.07) is 4.60. The lowest BCUT2D eigenvalue weighted by molar-refractivity contribution is -0.119. The lowest BCUT2D eigenvalue weighted by Crippen LogP contribution is -2.36. The average molecular weight is 252 g/mol. The van der Waals surface area contributed by atoms with E-state index in [2.05, 4.69) is 10.6 Å². The second kappa shape index (κ2) is 6.26. The van der Waals surface area contributed by atoms with E-state index in [-0.39, 0.29) is 23.4 Å². The molecule has 0 aliphatic carbocycles. The van der Waals surface area contributed by atoms with Gasteiger partial charge in [-0.05, 0) is 17.7 Å².